The van der Waals surface area contributed by atoms with E-state index >= 15 is 0 Å². The van der Waals surface area contributed by atoms with Crippen molar-refractivity contribution in [2.75, 3.05) is 18.4 Å². The van der Waals surface area contributed by atoms with Gasteiger partial charge in [0.15, 0.2) is 0 Å². The van der Waals surface area contributed by atoms with Crippen LogP contribution in [0.1, 0.15) is 18.9 Å². The van der Waals surface area contributed by atoms with Crippen molar-refractivity contribution in [1.29, 1.82) is 5.26 Å². The molecule has 6 heteroatoms. The molecule has 1 fully saturated rings. The molecule has 6 nitrogen and oxygen atoms in total. The minimum absolute atomic E-state index is 0.144. The number of likely N-dealkylation sites (tertiary alicyclic amines) is 1. The van der Waals surface area contributed by atoms with E-state index in [1.165, 1.54) is 0 Å². The third kappa shape index (κ3) is 3.58. The number of nitrogens with zero attached hydrogens (tertiary/aromatic N) is 2. The molecule has 0 spiro atoms. The van der Waals surface area contributed by atoms with E-state index < -0.39 is 11.9 Å². The van der Waals surface area contributed by atoms with E-state index in [4.69, 9.17) is 10.4 Å². The van der Waals surface area contributed by atoms with Crippen LogP contribution in [0.4, 0.5) is 5.69 Å². The Hall–Kier alpha value is -2.39. The van der Waals surface area contributed by atoms with Crippen molar-refractivity contribution in [2.45, 2.75) is 19.4 Å². The highest BCUT2D eigenvalue weighted by Gasteiger charge is 2.36. The van der Waals surface area contributed by atoms with Gasteiger partial charge < -0.3 is 10.4 Å². The summed E-state index contributed by atoms with van der Waals surface area (Å²) in [7, 11) is 0. The molecule has 1 heterocycles. The van der Waals surface area contributed by atoms with Gasteiger partial charge in [-0.1, -0.05) is 0 Å². The predicted molar refractivity (Wildman–Crippen MR) is 76.6 cm³/mol. The van der Waals surface area contributed by atoms with E-state index in [2.05, 4.69) is 5.32 Å². The number of anilines is 1. The third-order valence-electron chi connectivity index (χ3n) is 3.85. The first-order valence-electron chi connectivity index (χ1n) is 6.78. The van der Waals surface area contributed by atoms with Gasteiger partial charge in [0.2, 0.25) is 5.91 Å². The molecule has 1 aromatic rings. The number of benzene rings is 1. The number of amides is 1. The van der Waals surface area contributed by atoms with Gasteiger partial charge in [-0.3, -0.25) is 14.5 Å². The molecule has 0 aliphatic carbocycles. The number of carboxylic acids is 1. The lowest BCUT2D eigenvalue weighted by Crippen LogP contribution is -2.38. The second-order valence-corrected chi connectivity index (χ2v) is 5.18. The normalized spacial score (nSPS) is 21.7. The molecule has 0 aromatic heterocycles. The number of aliphatic carboxylic acids is 1. The predicted octanol–water partition coefficient (Wildman–Crippen LogP) is 1.29. The smallest absolute Gasteiger partial charge is 0.308 e. The summed E-state index contributed by atoms with van der Waals surface area (Å²) in [5.74, 6) is -1.40. The third-order valence-corrected chi connectivity index (χ3v) is 3.85. The van der Waals surface area contributed by atoms with Gasteiger partial charge >= 0.3 is 5.97 Å². The average molecular weight is 287 g/mol. The van der Waals surface area contributed by atoms with Crippen LogP contribution in [0.15, 0.2) is 24.3 Å². The van der Waals surface area contributed by atoms with Crippen molar-refractivity contribution in [3.05, 3.63) is 29.8 Å². The summed E-state index contributed by atoms with van der Waals surface area (Å²) in [4.78, 5) is 24.9. The molecular weight excluding hydrogens is 270 g/mol. The van der Waals surface area contributed by atoms with Gasteiger partial charge in [-0.05, 0) is 44.2 Å². The lowest BCUT2D eigenvalue weighted by atomic mass is 10.0. The molecule has 0 radical (unpaired) electrons. The maximum atomic E-state index is 12.0. The molecule has 1 aliphatic heterocycles. The fourth-order valence-electron chi connectivity index (χ4n) is 2.57. The number of nitriles is 1. The monoisotopic (exact) mass is 287 g/mol. The van der Waals surface area contributed by atoms with Gasteiger partial charge in [0, 0.05) is 11.7 Å². The van der Waals surface area contributed by atoms with Gasteiger partial charge in [-0.15, -0.1) is 0 Å². The highest BCUT2D eigenvalue weighted by Crippen LogP contribution is 2.24. The summed E-state index contributed by atoms with van der Waals surface area (Å²) in [6, 6.07) is 8.47. The second-order valence-electron chi connectivity index (χ2n) is 5.18. The average Bonchev–Trinajstić information content (AvgIpc) is 2.81. The van der Waals surface area contributed by atoms with Crippen LogP contribution in [0.3, 0.4) is 0 Å². The van der Waals surface area contributed by atoms with Crippen molar-refractivity contribution in [3.8, 4) is 6.07 Å². The number of carbonyl (C=O) groups is 2. The van der Waals surface area contributed by atoms with Crippen LogP contribution in [0.25, 0.3) is 0 Å². The Labute approximate surface area is 123 Å². The van der Waals surface area contributed by atoms with Crippen LogP contribution in [0.2, 0.25) is 0 Å². The lowest BCUT2D eigenvalue weighted by molar-refractivity contribution is -0.142. The SMILES string of the molecule is CC1C(C(=O)O)CCN1CC(=O)Nc1ccc(C#N)cc1. The van der Waals surface area contributed by atoms with Gasteiger partial charge in [0.25, 0.3) is 0 Å². The number of rotatable bonds is 4. The summed E-state index contributed by atoms with van der Waals surface area (Å²) in [5.41, 5.74) is 1.16. The van der Waals surface area contributed by atoms with E-state index in [1.807, 2.05) is 17.9 Å². The van der Waals surface area contributed by atoms with Crippen molar-refractivity contribution in [2.24, 2.45) is 5.92 Å². The number of nitrogens with one attached hydrogen (secondary N) is 1. The highest BCUT2D eigenvalue weighted by atomic mass is 16.4. The summed E-state index contributed by atoms with van der Waals surface area (Å²) < 4.78 is 0. The molecule has 21 heavy (non-hydrogen) atoms. The molecule has 1 saturated heterocycles. The maximum Gasteiger partial charge on any atom is 0.308 e. The molecule has 1 aromatic carbocycles. The first-order chi connectivity index (χ1) is 10.0. The van der Waals surface area contributed by atoms with E-state index in [-0.39, 0.29) is 18.5 Å². The van der Waals surface area contributed by atoms with E-state index in [0.29, 0.717) is 24.2 Å². The standard InChI is InChI=1S/C15H17N3O3/c1-10-13(15(20)21)6-7-18(10)9-14(19)17-12-4-2-11(8-16)3-5-12/h2-5,10,13H,6-7,9H2,1H3,(H,17,19)(H,20,21). The minimum atomic E-state index is -0.808. The van der Waals surface area contributed by atoms with E-state index in [0.717, 1.165) is 0 Å². The largest absolute Gasteiger partial charge is 0.481 e. The Morgan fingerprint density at radius 2 is 2.10 bits per heavy atom. The fourth-order valence-corrected chi connectivity index (χ4v) is 2.57. The summed E-state index contributed by atoms with van der Waals surface area (Å²) >= 11 is 0. The molecule has 1 aliphatic rings. The second kappa shape index (κ2) is 6.37. The molecule has 2 unspecified atom stereocenters. The molecule has 110 valence electrons. The maximum absolute atomic E-state index is 12.0. The molecule has 2 atom stereocenters. The number of hydrogen-bond acceptors (Lipinski definition) is 4. The van der Waals surface area contributed by atoms with Gasteiger partial charge in [-0.2, -0.15) is 5.26 Å². The highest BCUT2D eigenvalue weighted by molar-refractivity contribution is 5.92. The Morgan fingerprint density at radius 3 is 2.62 bits per heavy atom. The van der Waals surface area contributed by atoms with Gasteiger partial charge in [0.1, 0.15) is 0 Å². The fraction of sp³-hybridized carbons (Fsp3) is 0.400. The van der Waals surface area contributed by atoms with Crippen molar-refractivity contribution >= 4 is 17.6 Å². The van der Waals surface area contributed by atoms with Crippen molar-refractivity contribution < 1.29 is 14.7 Å². The quantitative estimate of drug-likeness (QED) is 0.870. The summed E-state index contributed by atoms with van der Waals surface area (Å²) in [6.07, 6.45) is 0.570. The molecule has 2 rings (SSSR count). The van der Waals surface area contributed by atoms with Crippen LogP contribution < -0.4 is 5.32 Å². The first kappa shape index (κ1) is 15.0. The molecule has 2 N–H and O–H groups in total. The molecule has 0 bridgehead atoms. The summed E-state index contributed by atoms with van der Waals surface area (Å²) in [5, 5.41) is 20.5. The molecule has 0 saturated carbocycles. The molecule has 1 amide bonds. The van der Waals surface area contributed by atoms with Crippen molar-refractivity contribution in [1.82, 2.24) is 4.90 Å². The molecular formula is C15H17N3O3. The topological polar surface area (TPSA) is 93.4 Å². The Bertz CT molecular complexity index is 577. The zero-order valence-corrected chi connectivity index (χ0v) is 11.7. The van der Waals surface area contributed by atoms with Gasteiger partial charge in [-0.25, -0.2) is 0 Å². The Balaban J connectivity index is 1.90. The summed E-state index contributed by atoms with van der Waals surface area (Å²) in [6.45, 7) is 2.62. The number of carbonyl (C=O) groups excluding carboxylic acids is 1. The lowest BCUT2D eigenvalue weighted by Gasteiger charge is -2.22. The first-order valence-corrected chi connectivity index (χ1v) is 6.78. The van der Waals surface area contributed by atoms with E-state index in [9.17, 15) is 9.59 Å². The minimum Gasteiger partial charge on any atom is -0.481 e. The van der Waals surface area contributed by atoms with E-state index in [1.54, 1.807) is 24.3 Å². The Kier molecular flexibility index (Phi) is 4.55. The number of carboxylic acid groups (broad SMARTS) is 1. The number of hydrogen-bond donors (Lipinski definition) is 2. The zero-order chi connectivity index (χ0) is 15.4. The van der Waals surface area contributed by atoms with Crippen LogP contribution in [0.5, 0.6) is 0 Å². The Morgan fingerprint density at radius 1 is 1.43 bits per heavy atom. The van der Waals surface area contributed by atoms with Crippen molar-refractivity contribution in [3.63, 3.8) is 0 Å². The van der Waals surface area contributed by atoms with Crippen LogP contribution >= 0.6 is 0 Å². The van der Waals surface area contributed by atoms with Crippen LogP contribution in [-0.4, -0.2) is 41.0 Å². The van der Waals surface area contributed by atoms with Crippen LogP contribution in [-0.2, 0) is 9.59 Å². The van der Waals surface area contributed by atoms with Gasteiger partial charge in [0.05, 0.1) is 24.1 Å². The zero-order valence-electron chi connectivity index (χ0n) is 11.7. The van der Waals surface area contributed by atoms with Crippen LogP contribution in [0, 0.1) is 17.2 Å².